The van der Waals surface area contributed by atoms with Crippen LogP contribution in [0.1, 0.15) is 0 Å². The van der Waals surface area contributed by atoms with E-state index in [2.05, 4.69) is 0 Å². The van der Waals surface area contributed by atoms with Crippen molar-refractivity contribution in [2.45, 2.75) is 0 Å². The summed E-state index contributed by atoms with van der Waals surface area (Å²) in [6.45, 7) is 0. The van der Waals surface area contributed by atoms with Crippen LogP contribution in [0.3, 0.4) is 0 Å². The zero-order chi connectivity index (χ0) is 14.8. The van der Waals surface area contributed by atoms with Gasteiger partial charge in [-0.25, -0.2) is 8.78 Å². The Kier molecular flexibility index (Phi) is 3.72. The van der Waals surface area contributed by atoms with Gasteiger partial charge in [0.2, 0.25) is 0 Å². The van der Waals surface area contributed by atoms with Crippen LogP contribution < -0.4 is 0 Å². The summed E-state index contributed by atoms with van der Waals surface area (Å²) in [7, 11) is 0. The highest BCUT2D eigenvalue weighted by atomic mass is 35.5. The third-order valence-corrected chi connectivity index (χ3v) is 3.68. The van der Waals surface area contributed by atoms with E-state index in [-0.39, 0.29) is 5.02 Å². The van der Waals surface area contributed by atoms with Gasteiger partial charge in [0, 0.05) is 11.6 Å². The molecule has 0 saturated heterocycles. The minimum atomic E-state index is -0.751. The lowest BCUT2D eigenvalue weighted by Gasteiger charge is -2.08. The molecule has 0 spiro atoms. The topological polar surface area (TPSA) is 0 Å². The molecule has 0 saturated carbocycles. The first kappa shape index (κ1) is 13.8. The summed E-state index contributed by atoms with van der Waals surface area (Å²) in [5.41, 5.74) is 3.15. The van der Waals surface area contributed by atoms with E-state index in [1.807, 2.05) is 54.6 Å². The molecule has 0 unspecified atom stereocenters. The third-order valence-electron chi connectivity index (χ3n) is 3.30. The maximum Gasteiger partial charge on any atom is 0.145 e. The largest absolute Gasteiger partial charge is 0.207 e. The molecular formula is C18H11ClF2. The van der Waals surface area contributed by atoms with Gasteiger partial charge in [0.1, 0.15) is 11.6 Å². The van der Waals surface area contributed by atoms with Crippen molar-refractivity contribution in [1.29, 1.82) is 0 Å². The number of rotatable bonds is 2. The molecule has 0 heterocycles. The maximum atomic E-state index is 13.5. The second-order valence-corrected chi connectivity index (χ2v) is 5.07. The molecule has 0 radical (unpaired) electrons. The molecule has 21 heavy (non-hydrogen) atoms. The second-order valence-electron chi connectivity index (χ2n) is 4.69. The SMILES string of the molecule is Fc1cc(F)c(Cl)c(-c2ccc(-c3ccccc3)cc2)c1. The molecular weight excluding hydrogens is 290 g/mol. The Morgan fingerprint density at radius 3 is 1.90 bits per heavy atom. The number of halogens is 3. The number of hydrogen-bond donors (Lipinski definition) is 0. The fourth-order valence-corrected chi connectivity index (χ4v) is 2.46. The fourth-order valence-electron chi connectivity index (χ4n) is 2.24. The van der Waals surface area contributed by atoms with Crippen molar-refractivity contribution < 1.29 is 8.78 Å². The summed E-state index contributed by atoms with van der Waals surface area (Å²) in [5, 5.41) is -0.0659. The Labute approximate surface area is 126 Å². The lowest BCUT2D eigenvalue weighted by molar-refractivity contribution is 0.584. The van der Waals surface area contributed by atoms with Gasteiger partial charge in [-0.1, -0.05) is 66.2 Å². The maximum absolute atomic E-state index is 13.5. The molecule has 0 aliphatic carbocycles. The molecule has 0 amide bonds. The van der Waals surface area contributed by atoms with E-state index in [9.17, 15) is 8.78 Å². The summed E-state index contributed by atoms with van der Waals surface area (Å²) in [6.07, 6.45) is 0. The first-order valence-corrected chi connectivity index (χ1v) is 6.83. The Morgan fingerprint density at radius 1 is 0.667 bits per heavy atom. The van der Waals surface area contributed by atoms with Crippen LogP contribution in [-0.2, 0) is 0 Å². The molecule has 3 aromatic carbocycles. The van der Waals surface area contributed by atoms with E-state index in [1.54, 1.807) is 0 Å². The molecule has 0 N–H and O–H groups in total. The van der Waals surface area contributed by atoms with Crippen molar-refractivity contribution in [2.75, 3.05) is 0 Å². The van der Waals surface area contributed by atoms with Gasteiger partial charge in [0.25, 0.3) is 0 Å². The molecule has 0 aromatic heterocycles. The molecule has 3 heteroatoms. The van der Waals surface area contributed by atoms with Crippen LogP contribution in [0.5, 0.6) is 0 Å². The quantitative estimate of drug-likeness (QED) is 0.513. The molecule has 0 nitrogen and oxygen atoms in total. The van der Waals surface area contributed by atoms with Gasteiger partial charge in [-0.3, -0.25) is 0 Å². The van der Waals surface area contributed by atoms with E-state index >= 15 is 0 Å². The molecule has 0 aliphatic rings. The first-order valence-electron chi connectivity index (χ1n) is 6.45. The average Bonchev–Trinajstić information content (AvgIpc) is 2.52. The fraction of sp³-hybridized carbons (Fsp3) is 0. The van der Waals surface area contributed by atoms with Gasteiger partial charge in [0.15, 0.2) is 0 Å². The Bertz CT molecular complexity index is 765. The highest BCUT2D eigenvalue weighted by Gasteiger charge is 2.11. The summed E-state index contributed by atoms with van der Waals surface area (Å²) in [5.74, 6) is -1.39. The average molecular weight is 301 g/mol. The zero-order valence-electron chi connectivity index (χ0n) is 11.0. The monoisotopic (exact) mass is 300 g/mol. The number of hydrogen-bond acceptors (Lipinski definition) is 0. The Balaban J connectivity index is 2.02. The predicted octanol–water partition coefficient (Wildman–Crippen LogP) is 5.95. The molecule has 3 aromatic rings. The lowest BCUT2D eigenvalue weighted by atomic mass is 10.00. The summed E-state index contributed by atoms with van der Waals surface area (Å²) in [6, 6.07) is 19.3. The zero-order valence-corrected chi connectivity index (χ0v) is 11.7. The Hall–Kier alpha value is -2.19. The van der Waals surface area contributed by atoms with Crippen LogP contribution in [0.15, 0.2) is 66.7 Å². The van der Waals surface area contributed by atoms with Crippen molar-refractivity contribution in [2.24, 2.45) is 0 Å². The van der Waals surface area contributed by atoms with E-state index in [0.717, 1.165) is 17.2 Å². The molecule has 104 valence electrons. The van der Waals surface area contributed by atoms with Crippen LogP contribution in [0, 0.1) is 11.6 Å². The minimum absolute atomic E-state index is 0.0659. The van der Waals surface area contributed by atoms with Gasteiger partial charge in [-0.15, -0.1) is 0 Å². The van der Waals surface area contributed by atoms with Gasteiger partial charge >= 0.3 is 0 Å². The van der Waals surface area contributed by atoms with E-state index < -0.39 is 11.6 Å². The molecule has 0 bridgehead atoms. The summed E-state index contributed by atoms with van der Waals surface area (Å²) < 4.78 is 26.8. The summed E-state index contributed by atoms with van der Waals surface area (Å²) in [4.78, 5) is 0. The first-order chi connectivity index (χ1) is 10.1. The van der Waals surface area contributed by atoms with E-state index in [1.165, 1.54) is 6.07 Å². The normalized spacial score (nSPS) is 10.6. The van der Waals surface area contributed by atoms with Crippen molar-refractivity contribution >= 4 is 11.6 Å². The second kappa shape index (κ2) is 5.66. The van der Waals surface area contributed by atoms with Crippen LogP contribution in [0.25, 0.3) is 22.3 Å². The molecule has 3 rings (SSSR count). The van der Waals surface area contributed by atoms with Gasteiger partial charge in [0.05, 0.1) is 5.02 Å². The molecule has 0 fully saturated rings. The van der Waals surface area contributed by atoms with Crippen molar-refractivity contribution in [3.8, 4) is 22.3 Å². The van der Waals surface area contributed by atoms with Gasteiger partial charge < -0.3 is 0 Å². The highest BCUT2D eigenvalue weighted by molar-refractivity contribution is 6.33. The third kappa shape index (κ3) is 2.81. The van der Waals surface area contributed by atoms with E-state index in [0.29, 0.717) is 11.1 Å². The molecule has 0 aliphatic heterocycles. The highest BCUT2D eigenvalue weighted by Crippen LogP contribution is 2.32. The molecule has 0 atom stereocenters. The standard InChI is InChI=1S/C18H11ClF2/c19-18-16(10-15(20)11-17(18)21)14-8-6-13(7-9-14)12-4-2-1-3-5-12/h1-11H. The number of benzene rings is 3. The van der Waals surface area contributed by atoms with Crippen LogP contribution in [0.4, 0.5) is 8.78 Å². The van der Waals surface area contributed by atoms with Crippen LogP contribution >= 0.6 is 11.6 Å². The lowest BCUT2D eigenvalue weighted by Crippen LogP contribution is -1.87. The van der Waals surface area contributed by atoms with Crippen molar-refractivity contribution in [1.82, 2.24) is 0 Å². The van der Waals surface area contributed by atoms with Gasteiger partial charge in [-0.05, 0) is 22.8 Å². The predicted molar refractivity (Wildman–Crippen MR) is 82.2 cm³/mol. The van der Waals surface area contributed by atoms with Crippen LogP contribution in [0.2, 0.25) is 5.02 Å². The smallest absolute Gasteiger partial charge is 0.145 e. The minimum Gasteiger partial charge on any atom is -0.207 e. The summed E-state index contributed by atoms with van der Waals surface area (Å²) >= 11 is 5.91. The van der Waals surface area contributed by atoms with E-state index in [4.69, 9.17) is 11.6 Å². The van der Waals surface area contributed by atoms with Gasteiger partial charge in [-0.2, -0.15) is 0 Å². The van der Waals surface area contributed by atoms with Crippen molar-refractivity contribution in [3.63, 3.8) is 0 Å². The van der Waals surface area contributed by atoms with Crippen molar-refractivity contribution in [3.05, 3.63) is 83.4 Å². The Morgan fingerprint density at radius 2 is 1.24 bits per heavy atom. The van der Waals surface area contributed by atoms with Crippen LogP contribution in [-0.4, -0.2) is 0 Å².